The fourth-order valence-electron chi connectivity index (χ4n) is 3.59. The van der Waals surface area contributed by atoms with Crippen molar-refractivity contribution in [2.24, 2.45) is 11.8 Å². The van der Waals surface area contributed by atoms with Crippen LogP contribution in [0, 0.1) is 11.8 Å². The second-order valence-electron chi connectivity index (χ2n) is 7.43. The first kappa shape index (κ1) is 18.4. The highest BCUT2D eigenvalue weighted by molar-refractivity contribution is 5.80. The first-order chi connectivity index (χ1) is 9.69. The quantitative estimate of drug-likeness (QED) is 0.766. The molecule has 4 heteroatoms. The van der Waals surface area contributed by atoms with Crippen molar-refractivity contribution in [2.75, 3.05) is 20.2 Å². The molecule has 0 radical (unpaired) electrons. The Morgan fingerprint density at radius 2 is 2.00 bits per heavy atom. The van der Waals surface area contributed by atoms with Crippen molar-refractivity contribution in [1.29, 1.82) is 0 Å². The number of methoxy groups -OCH3 is 1. The molecule has 124 valence electrons. The summed E-state index contributed by atoms with van der Waals surface area (Å²) in [7, 11) is 1.47. The minimum Gasteiger partial charge on any atom is -0.468 e. The molecule has 1 N–H and O–H groups in total. The molecule has 1 aliphatic rings. The molecule has 1 heterocycles. The van der Waals surface area contributed by atoms with Crippen molar-refractivity contribution >= 4 is 5.97 Å². The van der Waals surface area contributed by atoms with Gasteiger partial charge in [-0.25, -0.2) is 0 Å². The summed E-state index contributed by atoms with van der Waals surface area (Å²) in [4.78, 5) is 14.7. The molecule has 1 rings (SSSR count). The standard InChI is InChI=1S/C17H34N2O2/c1-12(2)18-17(6,16(20)21-7)8-9-19-11-13(3)10-14(4)15(19)5/h12-15,18H,8-11H2,1-7H3. The number of ether oxygens (including phenoxy) is 1. The van der Waals surface area contributed by atoms with Gasteiger partial charge < -0.3 is 9.64 Å². The third kappa shape index (κ3) is 4.96. The first-order valence-corrected chi connectivity index (χ1v) is 8.29. The molecule has 1 aliphatic heterocycles. The van der Waals surface area contributed by atoms with Gasteiger partial charge in [0.05, 0.1) is 7.11 Å². The molecule has 1 fully saturated rings. The van der Waals surface area contributed by atoms with E-state index in [0.717, 1.165) is 31.3 Å². The van der Waals surface area contributed by atoms with Gasteiger partial charge in [0.1, 0.15) is 5.54 Å². The number of hydrogen-bond acceptors (Lipinski definition) is 4. The van der Waals surface area contributed by atoms with E-state index < -0.39 is 5.54 Å². The van der Waals surface area contributed by atoms with E-state index in [4.69, 9.17) is 4.74 Å². The number of hydrogen-bond donors (Lipinski definition) is 1. The van der Waals surface area contributed by atoms with Crippen LogP contribution in [0.1, 0.15) is 54.4 Å². The average molecular weight is 298 g/mol. The Balaban J connectivity index is 2.69. The molecule has 4 unspecified atom stereocenters. The molecule has 4 atom stereocenters. The van der Waals surface area contributed by atoms with Crippen LogP contribution in [0.15, 0.2) is 0 Å². The van der Waals surface area contributed by atoms with E-state index in [9.17, 15) is 4.79 Å². The van der Waals surface area contributed by atoms with Crippen LogP contribution in [-0.2, 0) is 9.53 Å². The van der Waals surface area contributed by atoms with Gasteiger partial charge >= 0.3 is 5.97 Å². The van der Waals surface area contributed by atoms with Crippen LogP contribution in [0.25, 0.3) is 0 Å². The van der Waals surface area contributed by atoms with E-state index in [1.165, 1.54) is 13.5 Å². The zero-order chi connectivity index (χ0) is 16.2. The Labute approximate surface area is 130 Å². The molecule has 0 aromatic rings. The molecule has 0 aliphatic carbocycles. The number of carbonyl (C=O) groups excluding carboxylic acids is 1. The zero-order valence-electron chi connectivity index (χ0n) is 14.9. The maximum absolute atomic E-state index is 12.1. The van der Waals surface area contributed by atoms with Gasteiger partial charge in [0.2, 0.25) is 0 Å². The topological polar surface area (TPSA) is 41.6 Å². The van der Waals surface area contributed by atoms with Gasteiger partial charge in [-0.1, -0.05) is 13.8 Å². The van der Waals surface area contributed by atoms with Gasteiger partial charge in [-0.15, -0.1) is 0 Å². The highest BCUT2D eigenvalue weighted by Crippen LogP contribution is 2.28. The van der Waals surface area contributed by atoms with Crippen LogP contribution >= 0.6 is 0 Å². The molecule has 0 amide bonds. The fraction of sp³-hybridized carbons (Fsp3) is 0.941. The van der Waals surface area contributed by atoms with Gasteiger partial charge in [-0.2, -0.15) is 0 Å². The van der Waals surface area contributed by atoms with Crippen LogP contribution < -0.4 is 5.32 Å². The van der Waals surface area contributed by atoms with Crippen molar-refractivity contribution in [1.82, 2.24) is 10.2 Å². The van der Waals surface area contributed by atoms with E-state index in [1.807, 2.05) is 6.92 Å². The summed E-state index contributed by atoms with van der Waals surface area (Å²) in [5, 5.41) is 3.38. The smallest absolute Gasteiger partial charge is 0.325 e. The number of rotatable bonds is 6. The first-order valence-electron chi connectivity index (χ1n) is 8.29. The third-order valence-electron chi connectivity index (χ3n) is 4.86. The van der Waals surface area contributed by atoms with E-state index in [2.05, 4.69) is 44.8 Å². The lowest BCUT2D eigenvalue weighted by atomic mass is 9.85. The van der Waals surface area contributed by atoms with Crippen LogP contribution in [0.4, 0.5) is 0 Å². The maximum atomic E-state index is 12.1. The van der Waals surface area contributed by atoms with Crippen molar-refractivity contribution in [2.45, 2.75) is 72.0 Å². The summed E-state index contributed by atoms with van der Waals surface area (Å²) in [6.07, 6.45) is 2.08. The Bertz CT molecular complexity index is 346. The van der Waals surface area contributed by atoms with Gasteiger partial charge in [-0.05, 0) is 52.4 Å². The van der Waals surface area contributed by atoms with E-state index in [1.54, 1.807) is 0 Å². The molecule has 0 spiro atoms. The Morgan fingerprint density at radius 3 is 2.52 bits per heavy atom. The number of esters is 1. The second kappa shape index (κ2) is 7.59. The highest BCUT2D eigenvalue weighted by atomic mass is 16.5. The molecule has 0 saturated carbocycles. The lowest BCUT2D eigenvalue weighted by Crippen LogP contribution is -2.56. The lowest BCUT2D eigenvalue weighted by Gasteiger charge is -2.42. The lowest BCUT2D eigenvalue weighted by molar-refractivity contribution is -0.148. The maximum Gasteiger partial charge on any atom is 0.325 e. The molecule has 0 aromatic carbocycles. The minimum atomic E-state index is -0.605. The van der Waals surface area contributed by atoms with Gasteiger partial charge in [0, 0.05) is 25.2 Å². The molecular formula is C17H34N2O2. The van der Waals surface area contributed by atoms with Gasteiger partial charge in [-0.3, -0.25) is 10.1 Å². The van der Waals surface area contributed by atoms with Gasteiger partial charge in [0.15, 0.2) is 0 Å². The minimum absolute atomic E-state index is 0.165. The largest absolute Gasteiger partial charge is 0.468 e. The van der Waals surface area contributed by atoms with Crippen LogP contribution in [0.5, 0.6) is 0 Å². The Hall–Kier alpha value is -0.610. The number of carbonyl (C=O) groups is 1. The fourth-order valence-corrected chi connectivity index (χ4v) is 3.59. The van der Waals surface area contributed by atoms with E-state index in [-0.39, 0.29) is 12.0 Å². The number of nitrogens with zero attached hydrogens (tertiary/aromatic N) is 1. The monoisotopic (exact) mass is 298 g/mol. The average Bonchev–Trinajstić information content (AvgIpc) is 2.39. The zero-order valence-corrected chi connectivity index (χ0v) is 14.9. The van der Waals surface area contributed by atoms with E-state index in [0.29, 0.717) is 6.04 Å². The van der Waals surface area contributed by atoms with Crippen LogP contribution in [-0.4, -0.2) is 48.7 Å². The van der Waals surface area contributed by atoms with Crippen LogP contribution in [0.3, 0.4) is 0 Å². The number of likely N-dealkylation sites (tertiary alicyclic amines) is 1. The highest BCUT2D eigenvalue weighted by Gasteiger charge is 2.36. The normalized spacial score (nSPS) is 30.2. The molecule has 4 nitrogen and oxygen atoms in total. The Kier molecular flexibility index (Phi) is 6.67. The number of piperidine rings is 1. The van der Waals surface area contributed by atoms with Crippen molar-refractivity contribution in [3.8, 4) is 0 Å². The van der Waals surface area contributed by atoms with Crippen molar-refractivity contribution < 1.29 is 9.53 Å². The summed E-state index contributed by atoms with van der Waals surface area (Å²) in [5.74, 6) is 1.29. The SMILES string of the molecule is COC(=O)C(C)(CCN1CC(C)CC(C)C1C)NC(C)C. The summed E-state index contributed by atoms with van der Waals surface area (Å²) in [6, 6.07) is 0.841. The van der Waals surface area contributed by atoms with Crippen LogP contribution in [0.2, 0.25) is 0 Å². The Morgan fingerprint density at radius 1 is 1.38 bits per heavy atom. The molecular weight excluding hydrogens is 264 g/mol. The van der Waals surface area contributed by atoms with Gasteiger partial charge in [0.25, 0.3) is 0 Å². The summed E-state index contributed by atoms with van der Waals surface area (Å²) in [5.41, 5.74) is -0.605. The molecule has 0 aromatic heterocycles. The molecule has 0 bridgehead atoms. The van der Waals surface area contributed by atoms with Crippen molar-refractivity contribution in [3.05, 3.63) is 0 Å². The number of nitrogens with one attached hydrogen (secondary N) is 1. The summed E-state index contributed by atoms with van der Waals surface area (Å²) in [6.45, 7) is 15.1. The predicted octanol–water partition coefficient (Wildman–Crippen LogP) is 2.67. The summed E-state index contributed by atoms with van der Waals surface area (Å²) < 4.78 is 5.01. The molecule has 1 saturated heterocycles. The second-order valence-corrected chi connectivity index (χ2v) is 7.43. The third-order valence-corrected chi connectivity index (χ3v) is 4.86. The van der Waals surface area contributed by atoms with Crippen molar-refractivity contribution in [3.63, 3.8) is 0 Å². The predicted molar refractivity (Wildman–Crippen MR) is 87.3 cm³/mol. The molecule has 21 heavy (non-hydrogen) atoms. The van der Waals surface area contributed by atoms with E-state index >= 15 is 0 Å². The summed E-state index contributed by atoms with van der Waals surface area (Å²) >= 11 is 0.